The van der Waals surface area contributed by atoms with Crippen molar-refractivity contribution in [3.63, 3.8) is 0 Å². The number of H-pyrrole nitrogens is 1. The molecule has 0 radical (unpaired) electrons. The summed E-state index contributed by atoms with van der Waals surface area (Å²) in [5.74, 6) is -0.667. The van der Waals surface area contributed by atoms with E-state index in [1.54, 1.807) is 0 Å². The number of aromatic amines is 1. The number of hydrogen-bond acceptors (Lipinski definition) is 5. The first-order valence-corrected chi connectivity index (χ1v) is 11.0. The molecule has 1 aromatic heterocycles. The summed E-state index contributed by atoms with van der Waals surface area (Å²) in [6.07, 6.45) is 0. The standard InChI is InChI=1S/C23H25BrN4O3/c1-31-23(30)22-21(18-13-17(24)7-8-19(18)25-22)26-20(29)15-28-11-9-27(10-12-28)14-16-5-3-2-4-6-16/h2-8,13,25H,9-12,14-15H2,1H3,(H,26,29). The highest BCUT2D eigenvalue weighted by molar-refractivity contribution is 9.10. The molecule has 7 nitrogen and oxygen atoms in total. The number of carbonyl (C=O) groups excluding carboxylic acids is 2. The molecule has 8 heteroatoms. The van der Waals surface area contributed by atoms with Gasteiger partial charge in [-0.25, -0.2) is 4.79 Å². The summed E-state index contributed by atoms with van der Waals surface area (Å²) in [5, 5.41) is 3.69. The minimum absolute atomic E-state index is 0.150. The molecule has 0 saturated carbocycles. The maximum atomic E-state index is 12.8. The van der Waals surface area contributed by atoms with Crippen molar-refractivity contribution in [3.05, 3.63) is 64.3 Å². The fourth-order valence-corrected chi connectivity index (χ4v) is 4.24. The highest BCUT2D eigenvalue weighted by atomic mass is 79.9. The summed E-state index contributed by atoms with van der Waals surface area (Å²) < 4.78 is 5.74. The second kappa shape index (κ2) is 9.64. The van der Waals surface area contributed by atoms with Crippen LogP contribution < -0.4 is 5.32 Å². The lowest BCUT2D eigenvalue weighted by atomic mass is 10.2. The number of methoxy groups -OCH3 is 1. The van der Waals surface area contributed by atoms with Gasteiger partial charge in [0.05, 0.1) is 19.3 Å². The Labute approximate surface area is 189 Å². The lowest BCUT2D eigenvalue weighted by Crippen LogP contribution is -2.48. The van der Waals surface area contributed by atoms with Gasteiger partial charge in [0.2, 0.25) is 5.91 Å². The van der Waals surface area contributed by atoms with Gasteiger partial charge in [-0.2, -0.15) is 0 Å². The van der Waals surface area contributed by atoms with Gasteiger partial charge in [0.15, 0.2) is 0 Å². The maximum Gasteiger partial charge on any atom is 0.356 e. The maximum absolute atomic E-state index is 12.8. The Morgan fingerprint density at radius 2 is 1.77 bits per heavy atom. The number of fused-ring (bicyclic) bond motifs is 1. The topological polar surface area (TPSA) is 77.7 Å². The molecule has 3 aromatic rings. The Bertz CT molecular complexity index is 1080. The van der Waals surface area contributed by atoms with Crippen LogP contribution in [0.3, 0.4) is 0 Å². The fraction of sp³-hybridized carbons (Fsp3) is 0.304. The van der Waals surface area contributed by atoms with Crippen LogP contribution in [0.4, 0.5) is 5.69 Å². The fourth-order valence-electron chi connectivity index (χ4n) is 3.88. The molecule has 0 bridgehead atoms. The predicted molar refractivity (Wildman–Crippen MR) is 124 cm³/mol. The zero-order valence-electron chi connectivity index (χ0n) is 17.4. The number of amides is 1. The summed E-state index contributed by atoms with van der Waals surface area (Å²) in [6, 6.07) is 16.0. The van der Waals surface area contributed by atoms with E-state index in [0.717, 1.165) is 48.1 Å². The Morgan fingerprint density at radius 3 is 2.48 bits per heavy atom. The van der Waals surface area contributed by atoms with Crippen molar-refractivity contribution in [1.29, 1.82) is 0 Å². The molecule has 0 spiro atoms. The summed E-state index contributed by atoms with van der Waals surface area (Å²) in [6.45, 7) is 4.67. The third-order valence-corrected chi connectivity index (χ3v) is 5.99. The molecule has 0 aliphatic carbocycles. The number of nitrogens with one attached hydrogen (secondary N) is 2. The minimum atomic E-state index is -0.517. The molecule has 2 heterocycles. The number of aromatic nitrogens is 1. The van der Waals surface area contributed by atoms with Crippen LogP contribution in [0.5, 0.6) is 0 Å². The van der Waals surface area contributed by atoms with Crippen LogP contribution in [0.1, 0.15) is 16.1 Å². The molecule has 4 rings (SSSR count). The van der Waals surface area contributed by atoms with Crippen LogP contribution in [0.15, 0.2) is 53.0 Å². The lowest BCUT2D eigenvalue weighted by molar-refractivity contribution is -0.117. The first-order chi connectivity index (χ1) is 15.0. The number of anilines is 1. The second-order valence-corrected chi connectivity index (χ2v) is 8.56. The number of ether oxygens (including phenoxy) is 1. The van der Waals surface area contributed by atoms with E-state index in [1.165, 1.54) is 12.7 Å². The number of piperazine rings is 1. The number of nitrogens with zero attached hydrogens (tertiary/aromatic N) is 2. The number of benzene rings is 2. The molecule has 0 atom stereocenters. The second-order valence-electron chi connectivity index (χ2n) is 7.64. The lowest BCUT2D eigenvalue weighted by Gasteiger charge is -2.34. The van der Waals surface area contributed by atoms with Gasteiger partial charge in [0.25, 0.3) is 0 Å². The van der Waals surface area contributed by atoms with Gasteiger partial charge in [-0.1, -0.05) is 46.3 Å². The number of esters is 1. The number of carbonyl (C=O) groups is 2. The first-order valence-electron chi connectivity index (χ1n) is 10.2. The van der Waals surface area contributed by atoms with Gasteiger partial charge < -0.3 is 15.0 Å². The van der Waals surface area contributed by atoms with E-state index >= 15 is 0 Å². The molecule has 0 unspecified atom stereocenters. The molecule has 2 aromatic carbocycles. The average molecular weight is 485 g/mol. The molecular weight excluding hydrogens is 460 g/mol. The van der Waals surface area contributed by atoms with Crippen molar-refractivity contribution >= 4 is 44.4 Å². The van der Waals surface area contributed by atoms with Gasteiger partial charge in [0.1, 0.15) is 5.69 Å². The number of hydrogen-bond donors (Lipinski definition) is 2. The highest BCUT2D eigenvalue weighted by Gasteiger charge is 2.23. The Morgan fingerprint density at radius 1 is 1.06 bits per heavy atom. The average Bonchev–Trinajstić information content (AvgIpc) is 3.12. The van der Waals surface area contributed by atoms with Gasteiger partial charge in [-0.15, -0.1) is 0 Å². The Hall–Kier alpha value is -2.68. The molecule has 2 N–H and O–H groups in total. The third kappa shape index (κ3) is 5.15. The van der Waals surface area contributed by atoms with E-state index in [-0.39, 0.29) is 18.1 Å². The van der Waals surface area contributed by atoms with Crippen molar-refractivity contribution in [2.75, 3.05) is 45.2 Å². The van der Waals surface area contributed by atoms with Crippen molar-refractivity contribution in [2.45, 2.75) is 6.54 Å². The van der Waals surface area contributed by atoms with Crippen LogP contribution in [0, 0.1) is 0 Å². The van der Waals surface area contributed by atoms with Gasteiger partial charge in [-0.3, -0.25) is 14.6 Å². The van der Waals surface area contributed by atoms with Crippen LogP contribution >= 0.6 is 15.9 Å². The van der Waals surface area contributed by atoms with Crippen molar-refractivity contribution in [3.8, 4) is 0 Å². The smallest absolute Gasteiger partial charge is 0.356 e. The quantitative estimate of drug-likeness (QED) is 0.523. The number of halogens is 1. The molecule has 162 valence electrons. The van der Waals surface area contributed by atoms with E-state index in [4.69, 9.17) is 4.74 Å². The van der Waals surface area contributed by atoms with E-state index < -0.39 is 5.97 Å². The Kier molecular flexibility index (Phi) is 6.70. The zero-order chi connectivity index (χ0) is 21.8. The molecule has 1 aliphatic heterocycles. The summed E-state index contributed by atoms with van der Waals surface area (Å²) in [4.78, 5) is 32.6. The molecular formula is C23H25BrN4O3. The molecule has 31 heavy (non-hydrogen) atoms. The first kappa shape index (κ1) is 21.5. The van der Waals surface area contributed by atoms with Crippen molar-refractivity contribution in [1.82, 2.24) is 14.8 Å². The summed E-state index contributed by atoms with van der Waals surface area (Å²) >= 11 is 3.45. The monoisotopic (exact) mass is 484 g/mol. The van der Waals surface area contributed by atoms with E-state index in [2.05, 4.69) is 60.3 Å². The zero-order valence-corrected chi connectivity index (χ0v) is 18.9. The van der Waals surface area contributed by atoms with Gasteiger partial charge in [0, 0.05) is 48.1 Å². The summed E-state index contributed by atoms with van der Waals surface area (Å²) in [7, 11) is 1.32. The van der Waals surface area contributed by atoms with E-state index in [9.17, 15) is 9.59 Å². The highest BCUT2D eigenvalue weighted by Crippen LogP contribution is 2.30. The predicted octanol–water partition coefficient (Wildman–Crippen LogP) is 3.47. The van der Waals surface area contributed by atoms with Crippen LogP contribution in [-0.4, -0.2) is 66.5 Å². The minimum Gasteiger partial charge on any atom is -0.464 e. The van der Waals surface area contributed by atoms with Crippen LogP contribution in [0.25, 0.3) is 10.9 Å². The normalized spacial score (nSPS) is 15.2. The van der Waals surface area contributed by atoms with E-state index in [0.29, 0.717) is 5.69 Å². The Balaban J connectivity index is 1.39. The molecule has 1 aliphatic rings. The SMILES string of the molecule is COC(=O)c1[nH]c2ccc(Br)cc2c1NC(=O)CN1CCN(Cc2ccccc2)CC1. The van der Waals surface area contributed by atoms with E-state index in [1.807, 2.05) is 24.3 Å². The van der Waals surface area contributed by atoms with Crippen molar-refractivity contribution in [2.24, 2.45) is 0 Å². The third-order valence-electron chi connectivity index (χ3n) is 5.50. The largest absolute Gasteiger partial charge is 0.464 e. The van der Waals surface area contributed by atoms with Crippen LogP contribution in [-0.2, 0) is 16.1 Å². The van der Waals surface area contributed by atoms with Crippen LogP contribution in [0.2, 0.25) is 0 Å². The molecule has 1 amide bonds. The van der Waals surface area contributed by atoms with Crippen molar-refractivity contribution < 1.29 is 14.3 Å². The summed E-state index contributed by atoms with van der Waals surface area (Å²) in [5.41, 5.74) is 2.76. The molecule has 1 saturated heterocycles. The van der Waals surface area contributed by atoms with Gasteiger partial charge >= 0.3 is 5.97 Å². The van der Waals surface area contributed by atoms with Gasteiger partial charge in [-0.05, 0) is 23.8 Å². The molecule has 1 fully saturated rings. The number of rotatable bonds is 6.